The molecule has 0 N–H and O–H groups in total. The molecule has 4 fully saturated rings. The number of rotatable bonds is 5. The lowest BCUT2D eigenvalue weighted by molar-refractivity contribution is -0.142. The molecule has 0 unspecified atom stereocenters. The first-order valence-electron chi connectivity index (χ1n) is 12.2. The summed E-state index contributed by atoms with van der Waals surface area (Å²) in [5, 5.41) is 4.15. The summed E-state index contributed by atoms with van der Waals surface area (Å²) >= 11 is 0. The van der Waals surface area contributed by atoms with Gasteiger partial charge in [0.1, 0.15) is 0 Å². The third-order valence-electron chi connectivity index (χ3n) is 7.61. The van der Waals surface area contributed by atoms with E-state index in [0.29, 0.717) is 23.8 Å². The molecule has 0 spiro atoms. The first kappa shape index (κ1) is 20.4. The van der Waals surface area contributed by atoms with Gasteiger partial charge in [-0.1, -0.05) is 18.0 Å². The highest BCUT2D eigenvalue weighted by molar-refractivity contribution is 5.79. The highest BCUT2D eigenvalue weighted by Gasteiger charge is 2.37. The quantitative estimate of drug-likeness (QED) is 0.733. The van der Waals surface area contributed by atoms with Crippen molar-refractivity contribution in [1.82, 2.24) is 19.9 Å². The molecule has 1 aliphatic carbocycles. The van der Waals surface area contributed by atoms with Crippen molar-refractivity contribution < 1.29 is 14.1 Å². The van der Waals surface area contributed by atoms with Gasteiger partial charge in [-0.25, -0.2) is 0 Å². The molecule has 3 aliphatic heterocycles. The lowest BCUT2D eigenvalue weighted by Gasteiger charge is -2.42. The number of carbonyl (C=O) groups excluding carboxylic acids is 1. The summed E-state index contributed by atoms with van der Waals surface area (Å²) in [5.74, 6) is 3.42. The Labute approximate surface area is 179 Å². The van der Waals surface area contributed by atoms with E-state index in [1.807, 2.05) is 0 Å². The van der Waals surface area contributed by atoms with Gasteiger partial charge in [0.2, 0.25) is 11.8 Å². The van der Waals surface area contributed by atoms with Crippen LogP contribution in [-0.4, -0.2) is 64.7 Å². The predicted molar refractivity (Wildman–Crippen MR) is 112 cm³/mol. The van der Waals surface area contributed by atoms with E-state index in [4.69, 9.17) is 9.26 Å². The molecule has 7 nitrogen and oxygen atoms in total. The average Bonchev–Trinajstić information content (AvgIpc) is 3.58. The standard InChI is InChI=1S/C23H36N4O3/c28-23(19-9-14-29-15-10-19)27-11-3-1-2-4-20(27)17-7-12-26(13-8-17)16-21-24-22(25-30-21)18-5-6-18/h17-20H,1-16H2/t20-/m1/s1. The van der Waals surface area contributed by atoms with Gasteiger partial charge in [0.15, 0.2) is 5.82 Å². The van der Waals surface area contributed by atoms with Crippen molar-refractivity contribution in [3.8, 4) is 0 Å². The smallest absolute Gasteiger partial charge is 0.240 e. The molecule has 1 saturated carbocycles. The van der Waals surface area contributed by atoms with Crippen LogP contribution in [0.4, 0.5) is 0 Å². The third-order valence-corrected chi connectivity index (χ3v) is 7.61. The number of nitrogens with zero attached hydrogens (tertiary/aromatic N) is 4. The molecule has 0 radical (unpaired) electrons. The number of ether oxygens (including phenoxy) is 1. The fraction of sp³-hybridized carbons (Fsp3) is 0.870. The molecule has 4 heterocycles. The normalized spacial score (nSPS) is 27.9. The number of likely N-dealkylation sites (tertiary alicyclic amines) is 2. The molecule has 30 heavy (non-hydrogen) atoms. The van der Waals surface area contributed by atoms with Gasteiger partial charge in [0.25, 0.3) is 0 Å². The van der Waals surface area contributed by atoms with Crippen LogP contribution in [0.5, 0.6) is 0 Å². The number of piperidine rings is 1. The molecule has 5 rings (SSSR count). The third kappa shape index (κ3) is 4.72. The van der Waals surface area contributed by atoms with E-state index in [0.717, 1.165) is 83.2 Å². The fourth-order valence-corrected chi connectivity index (χ4v) is 5.60. The molecule has 1 amide bonds. The first-order chi connectivity index (χ1) is 14.8. The number of hydrogen-bond donors (Lipinski definition) is 0. The molecule has 1 aromatic heterocycles. The summed E-state index contributed by atoms with van der Waals surface area (Å²) in [4.78, 5) is 22.7. The van der Waals surface area contributed by atoms with Crippen LogP contribution in [0.1, 0.15) is 81.8 Å². The second-order valence-electron chi connectivity index (χ2n) is 9.77. The number of hydrogen-bond acceptors (Lipinski definition) is 6. The van der Waals surface area contributed by atoms with Gasteiger partial charge in [-0.3, -0.25) is 9.69 Å². The lowest BCUT2D eigenvalue weighted by Crippen LogP contribution is -2.50. The second kappa shape index (κ2) is 9.35. The van der Waals surface area contributed by atoms with E-state index in [1.54, 1.807) is 0 Å². The lowest BCUT2D eigenvalue weighted by atomic mass is 9.85. The summed E-state index contributed by atoms with van der Waals surface area (Å²) in [6, 6.07) is 0.426. The van der Waals surface area contributed by atoms with Crippen LogP contribution in [0.2, 0.25) is 0 Å². The number of amides is 1. The molecule has 1 atom stereocenters. The summed E-state index contributed by atoms with van der Waals surface area (Å²) < 4.78 is 11.0. The Morgan fingerprint density at radius 1 is 0.933 bits per heavy atom. The van der Waals surface area contributed by atoms with E-state index < -0.39 is 0 Å². The Hall–Kier alpha value is -1.47. The van der Waals surface area contributed by atoms with E-state index in [2.05, 4.69) is 19.9 Å². The van der Waals surface area contributed by atoms with E-state index in [1.165, 1.54) is 32.1 Å². The topological polar surface area (TPSA) is 71.7 Å². The Morgan fingerprint density at radius 3 is 2.50 bits per heavy atom. The minimum Gasteiger partial charge on any atom is -0.381 e. The van der Waals surface area contributed by atoms with Crippen molar-refractivity contribution in [2.45, 2.75) is 82.7 Å². The predicted octanol–water partition coefficient (Wildman–Crippen LogP) is 3.36. The van der Waals surface area contributed by atoms with E-state index in [9.17, 15) is 4.79 Å². The number of carbonyl (C=O) groups is 1. The van der Waals surface area contributed by atoms with Gasteiger partial charge in [-0.2, -0.15) is 4.98 Å². The van der Waals surface area contributed by atoms with Crippen molar-refractivity contribution >= 4 is 5.91 Å². The Bertz CT molecular complexity index is 705. The van der Waals surface area contributed by atoms with Crippen LogP contribution >= 0.6 is 0 Å². The molecule has 7 heteroatoms. The van der Waals surface area contributed by atoms with Crippen LogP contribution in [-0.2, 0) is 16.1 Å². The summed E-state index contributed by atoms with van der Waals surface area (Å²) in [6.07, 6.45) is 11.4. The zero-order valence-corrected chi connectivity index (χ0v) is 18.1. The minimum absolute atomic E-state index is 0.178. The van der Waals surface area contributed by atoms with Gasteiger partial charge in [0.05, 0.1) is 6.54 Å². The van der Waals surface area contributed by atoms with Crippen LogP contribution in [0, 0.1) is 11.8 Å². The summed E-state index contributed by atoms with van der Waals surface area (Å²) in [7, 11) is 0. The zero-order valence-electron chi connectivity index (χ0n) is 18.1. The van der Waals surface area contributed by atoms with E-state index in [-0.39, 0.29) is 5.92 Å². The van der Waals surface area contributed by atoms with Gasteiger partial charge in [-0.15, -0.1) is 0 Å². The molecule has 166 valence electrons. The Kier molecular flexibility index (Phi) is 6.37. The monoisotopic (exact) mass is 416 g/mol. The van der Waals surface area contributed by atoms with Crippen LogP contribution in [0.25, 0.3) is 0 Å². The van der Waals surface area contributed by atoms with Crippen LogP contribution < -0.4 is 0 Å². The maximum atomic E-state index is 13.4. The minimum atomic E-state index is 0.178. The summed E-state index contributed by atoms with van der Waals surface area (Å²) in [5.41, 5.74) is 0. The maximum absolute atomic E-state index is 13.4. The highest BCUT2D eigenvalue weighted by Crippen LogP contribution is 2.38. The van der Waals surface area contributed by atoms with Crippen molar-refractivity contribution in [1.29, 1.82) is 0 Å². The molecule has 0 aromatic carbocycles. The van der Waals surface area contributed by atoms with Crippen molar-refractivity contribution in [3.63, 3.8) is 0 Å². The zero-order chi connectivity index (χ0) is 20.3. The second-order valence-corrected chi connectivity index (χ2v) is 9.77. The van der Waals surface area contributed by atoms with Gasteiger partial charge < -0.3 is 14.2 Å². The van der Waals surface area contributed by atoms with Crippen molar-refractivity contribution in [2.24, 2.45) is 11.8 Å². The highest BCUT2D eigenvalue weighted by atomic mass is 16.5. The van der Waals surface area contributed by atoms with Gasteiger partial charge in [0, 0.05) is 37.6 Å². The molecule has 1 aromatic rings. The van der Waals surface area contributed by atoms with Crippen molar-refractivity contribution in [3.05, 3.63) is 11.7 Å². The Morgan fingerprint density at radius 2 is 1.73 bits per heavy atom. The van der Waals surface area contributed by atoms with Crippen LogP contribution in [0.15, 0.2) is 4.52 Å². The summed E-state index contributed by atoms with van der Waals surface area (Å²) in [6.45, 7) is 5.31. The Balaban J connectivity index is 1.17. The molecular weight excluding hydrogens is 380 g/mol. The van der Waals surface area contributed by atoms with Gasteiger partial charge in [-0.05, 0) is 70.4 Å². The van der Waals surface area contributed by atoms with Gasteiger partial charge >= 0.3 is 0 Å². The molecular formula is C23H36N4O3. The van der Waals surface area contributed by atoms with E-state index >= 15 is 0 Å². The average molecular weight is 417 g/mol. The number of aromatic nitrogens is 2. The molecule has 0 bridgehead atoms. The first-order valence-corrected chi connectivity index (χ1v) is 12.2. The fourth-order valence-electron chi connectivity index (χ4n) is 5.60. The maximum Gasteiger partial charge on any atom is 0.240 e. The molecule has 4 aliphatic rings. The van der Waals surface area contributed by atoms with Crippen LogP contribution in [0.3, 0.4) is 0 Å². The largest absolute Gasteiger partial charge is 0.381 e. The SMILES string of the molecule is O=C(C1CCOCC1)N1CCCCC[C@@H]1C1CCN(Cc2nc(C3CC3)no2)CC1. The van der Waals surface area contributed by atoms with Crippen molar-refractivity contribution in [2.75, 3.05) is 32.8 Å². The molecule has 3 saturated heterocycles.